The van der Waals surface area contributed by atoms with Crippen molar-refractivity contribution in [2.75, 3.05) is 32.1 Å². The fraction of sp³-hybridized carbons (Fsp3) is 0.391. The highest BCUT2D eigenvalue weighted by molar-refractivity contribution is 7.89. The first kappa shape index (κ1) is 24.7. The predicted octanol–water partition coefficient (Wildman–Crippen LogP) is 2.25. The maximum Gasteiger partial charge on any atom is 0.255 e. The SMILES string of the molecule is COc1ccccc1C(=O)NCCC(=O)Nc1ccc(S(=O)(=O)N2CC(C)OC(C)C2)cc1. The lowest BCUT2D eigenvalue weighted by Crippen LogP contribution is -2.48. The van der Waals surface area contributed by atoms with Gasteiger partial charge in [0.15, 0.2) is 0 Å². The molecule has 10 heteroatoms. The second kappa shape index (κ2) is 10.8. The summed E-state index contributed by atoms with van der Waals surface area (Å²) in [7, 11) is -2.16. The number of amides is 2. The Morgan fingerprint density at radius 2 is 1.70 bits per heavy atom. The van der Waals surface area contributed by atoms with Crippen molar-refractivity contribution >= 4 is 27.5 Å². The van der Waals surface area contributed by atoms with Gasteiger partial charge in [-0.2, -0.15) is 4.31 Å². The maximum atomic E-state index is 12.9. The molecule has 0 aliphatic carbocycles. The van der Waals surface area contributed by atoms with Gasteiger partial charge in [-0.05, 0) is 50.2 Å². The number of morpholine rings is 1. The van der Waals surface area contributed by atoms with Gasteiger partial charge in [0.2, 0.25) is 15.9 Å². The number of anilines is 1. The summed E-state index contributed by atoms with van der Waals surface area (Å²) in [5.41, 5.74) is 0.861. The molecule has 1 fully saturated rings. The normalized spacial score (nSPS) is 19.0. The zero-order chi connectivity index (χ0) is 24.0. The van der Waals surface area contributed by atoms with E-state index >= 15 is 0 Å². The zero-order valence-corrected chi connectivity index (χ0v) is 19.7. The minimum atomic E-state index is -3.65. The van der Waals surface area contributed by atoms with Crippen LogP contribution in [0.4, 0.5) is 5.69 Å². The first-order chi connectivity index (χ1) is 15.7. The van der Waals surface area contributed by atoms with Crippen LogP contribution in [-0.2, 0) is 19.6 Å². The van der Waals surface area contributed by atoms with Crippen LogP contribution in [0.25, 0.3) is 0 Å². The molecule has 0 aromatic heterocycles. The fourth-order valence-corrected chi connectivity index (χ4v) is 5.22. The van der Waals surface area contributed by atoms with Crippen molar-refractivity contribution in [1.29, 1.82) is 0 Å². The molecule has 2 N–H and O–H groups in total. The molecule has 1 aliphatic heterocycles. The van der Waals surface area contributed by atoms with Crippen LogP contribution in [0.2, 0.25) is 0 Å². The number of benzene rings is 2. The van der Waals surface area contributed by atoms with Gasteiger partial charge in [-0.15, -0.1) is 0 Å². The van der Waals surface area contributed by atoms with E-state index < -0.39 is 10.0 Å². The van der Waals surface area contributed by atoms with Gasteiger partial charge >= 0.3 is 0 Å². The summed E-state index contributed by atoms with van der Waals surface area (Å²) in [6.45, 7) is 4.42. The number of nitrogens with one attached hydrogen (secondary N) is 2. The van der Waals surface area contributed by atoms with Crippen LogP contribution in [0, 0.1) is 0 Å². The van der Waals surface area contributed by atoms with Crippen molar-refractivity contribution in [1.82, 2.24) is 9.62 Å². The van der Waals surface area contributed by atoms with Crippen molar-refractivity contribution in [2.45, 2.75) is 37.4 Å². The first-order valence-corrected chi connectivity index (χ1v) is 12.1. The smallest absolute Gasteiger partial charge is 0.255 e. The lowest BCUT2D eigenvalue weighted by molar-refractivity contribution is -0.116. The number of rotatable bonds is 8. The van der Waals surface area contributed by atoms with Gasteiger partial charge in [-0.25, -0.2) is 8.42 Å². The minimum absolute atomic E-state index is 0.0600. The Kier molecular flexibility index (Phi) is 8.06. The molecule has 1 heterocycles. The summed E-state index contributed by atoms with van der Waals surface area (Å²) >= 11 is 0. The Morgan fingerprint density at radius 3 is 2.33 bits per heavy atom. The fourth-order valence-electron chi connectivity index (χ4n) is 3.63. The summed E-state index contributed by atoms with van der Waals surface area (Å²) in [6.07, 6.45) is -0.291. The van der Waals surface area contributed by atoms with Crippen LogP contribution in [0.5, 0.6) is 5.75 Å². The number of methoxy groups -OCH3 is 1. The zero-order valence-electron chi connectivity index (χ0n) is 18.9. The van der Waals surface area contributed by atoms with E-state index in [9.17, 15) is 18.0 Å². The molecule has 1 aliphatic rings. The highest BCUT2D eigenvalue weighted by Crippen LogP contribution is 2.22. The number of ether oxygens (including phenoxy) is 2. The summed E-state index contributed by atoms with van der Waals surface area (Å²) in [5.74, 6) is -0.182. The van der Waals surface area contributed by atoms with Crippen molar-refractivity contribution in [3.63, 3.8) is 0 Å². The summed E-state index contributed by atoms with van der Waals surface area (Å²) in [4.78, 5) is 24.7. The highest BCUT2D eigenvalue weighted by Gasteiger charge is 2.32. The molecule has 2 aromatic carbocycles. The minimum Gasteiger partial charge on any atom is -0.496 e. The number of hydrogen-bond donors (Lipinski definition) is 2. The van der Waals surface area contributed by atoms with Gasteiger partial charge in [0, 0.05) is 31.7 Å². The Hall–Kier alpha value is -2.95. The van der Waals surface area contributed by atoms with Gasteiger partial charge in [0.05, 0.1) is 29.8 Å². The van der Waals surface area contributed by atoms with Crippen molar-refractivity contribution in [3.05, 3.63) is 54.1 Å². The number of sulfonamides is 1. The average Bonchev–Trinajstić information content (AvgIpc) is 2.78. The lowest BCUT2D eigenvalue weighted by Gasteiger charge is -2.34. The molecule has 178 valence electrons. The van der Waals surface area contributed by atoms with Gasteiger partial charge in [0.1, 0.15) is 5.75 Å². The maximum absolute atomic E-state index is 12.9. The van der Waals surface area contributed by atoms with Gasteiger partial charge < -0.3 is 20.1 Å². The largest absolute Gasteiger partial charge is 0.496 e. The van der Waals surface area contributed by atoms with Crippen LogP contribution < -0.4 is 15.4 Å². The molecule has 9 nitrogen and oxygen atoms in total. The molecule has 33 heavy (non-hydrogen) atoms. The molecule has 3 rings (SSSR count). The molecule has 0 saturated carbocycles. The van der Waals surface area contributed by atoms with Crippen LogP contribution in [-0.4, -0.2) is 63.5 Å². The van der Waals surface area contributed by atoms with Gasteiger partial charge in [-0.3, -0.25) is 9.59 Å². The van der Waals surface area contributed by atoms with Gasteiger partial charge in [0.25, 0.3) is 5.91 Å². The van der Waals surface area contributed by atoms with E-state index in [0.717, 1.165) is 0 Å². The molecule has 0 radical (unpaired) electrons. The van der Waals surface area contributed by atoms with Gasteiger partial charge in [-0.1, -0.05) is 12.1 Å². The van der Waals surface area contributed by atoms with Crippen LogP contribution in [0.15, 0.2) is 53.4 Å². The highest BCUT2D eigenvalue weighted by atomic mass is 32.2. The Balaban J connectivity index is 1.52. The van der Waals surface area contributed by atoms with Crippen LogP contribution in [0.1, 0.15) is 30.6 Å². The van der Waals surface area contributed by atoms with Crippen LogP contribution >= 0.6 is 0 Å². The Bertz CT molecular complexity index is 1080. The molecular weight excluding hydrogens is 446 g/mol. The second-order valence-corrected chi connectivity index (χ2v) is 9.80. The Labute approximate surface area is 194 Å². The van der Waals surface area contributed by atoms with E-state index in [4.69, 9.17) is 9.47 Å². The van der Waals surface area contributed by atoms with E-state index in [0.29, 0.717) is 30.1 Å². The lowest BCUT2D eigenvalue weighted by atomic mass is 10.2. The molecule has 2 amide bonds. The molecule has 0 spiro atoms. The van der Waals surface area contributed by atoms with E-state index in [1.807, 2.05) is 13.8 Å². The number of nitrogens with zero attached hydrogens (tertiary/aromatic N) is 1. The topological polar surface area (TPSA) is 114 Å². The second-order valence-electron chi connectivity index (χ2n) is 7.86. The van der Waals surface area contributed by atoms with Crippen LogP contribution in [0.3, 0.4) is 0 Å². The number of para-hydroxylation sites is 1. The molecule has 2 aromatic rings. The van der Waals surface area contributed by atoms with E-state index in [1.54, 1.807) is 36.4 Å². The van der Waals surface area contributed by atoms with E-state index in [2.05, 4.69) is 10.6 Å². The van der Waals surface area contributed by atoms with Crippen molar-refractivity contribution in [3.8, 4) is 5.75 Å². The molecule has 0 bridgehead atoms. The molecular formula is C23H29N3O6S. The third kappa shape index (κ3) is 6.31. The van der Waals surface area contributed by atoms with E-state index in [-0.39, 0.29) is 41.9 Å². The number of carbonyl (C=O) groups is 2. The Morgan fingerprint density at radius 1 is 1.06 bits per heavy atom. The van der Waals surface area contributed by atoms with Crippen molar-refractivity contribution in [2.24, 2.45) is 0 Å². The summed E-state index contributed by atoms with van der Waals surface area (Å²) in [5, 5.41) is 5.39. The van der Waals surface area contributed by atoms with Crippen molar-refractivity contribution < 1.29 is 27.5 Å². The standard InChI is InChI=1S/C23H29N3O6S/c1-16-14-26(15-17(2)32-16)33(29,30)19-10-8-18(9-11-19)25-22(27)12-13-24-23(28)20-6-4-5-7-21(20)31-3/h4-11,16-17H,12-15H2,1-3H3,(H,24,28)(H,25,27). The summed E-state index contributed by atoms with van der Waals surface area (Å²) < 4.78 is 38.0. The first-order valence-electron chi connectivity index (χ1n) is 10.7. The average molecular weight is 476 g/mol. The molecule has 2 unspecified atom stereocenters. The van der Waals surface area contributed by atoms with E-state index in [1.165, 1.54) is 23.5 Å². The third-order valence-electron chi connectivity index (χ3n) is 5.15. The third-order valence-corrected chi connectivity index (χ3v) is 7.00. The summed E-state index contributed by atoms with van der Waals surface area (Å²) in [6, 6.07) is 12.9. The quantitative estimate of drug-likeness (QED) is 0.605. The molecule has 2 atom stereocenters. The molecule has 1 saturated heterocycles. The predicted molar refractivity (Wildman–Crippen MR) is 124 cm³/mol. The number of hydrogen-bond acceptors (Lipinski definition) is 6. The monoisotopic (exact) mass is 475 g/mol. The number of carbonyl (C=O) groups excluding carboxylic acids is 2.